The summed E-state index contributed by atoms with van der Waals surface area (Å²) in [4.78, 5) is 39.4. The van der Waals surface area contributed by atoms with Crippen LogP contribution in [0.25, 0.3) is 10.8 Å². The second kappa shape index (κ2) is 11.5. The number of hydrogen-bond donors (Lipinski definition) is 3. The number of carboxylic acid groups (broad SMARTS) is 1. The van der Waals surface area contributed by atoms with Crippen LogP contribution in [0.2, 0.25) is 0 Å². The molecule has 0 radical (unpaired) electrons. The molecule has 11 heteroatoms. The Morgan fingerprint density at radius 1 is 1.05 bits per heavy atom. The zero-order chi connectivity index (χ0) is 27.4. The number of hydrogen-bond acceptors (Lipinski definition) is 6. The van der Waals surface area contributed by atoms with Crippen LogP contribution in [0.1, 0.15) is 18.4 Å². The summed E-state index contributed by atoms with van der Waals surface area (Å²) in [5, 5.41) is 13.1. The van der Waals surface area contributed by atoms with Gasteiger partial charge in [0.1, 0.15) is 12.1 Å². The molecule has 200 valence electrons. The molecule has 4 rings (SSSR count). The van der Waals surface area contributed by atoms with Gasteiger partial charge in [-0.05, 0) is 34.9 Å². The normalized spacial score (nSPS) is 18.7. The second-order valence-electron chi connectivity index (χ2n) is 9.33. The molecule has 0 bridgehead atoms. The van der Waals surface area contributed by atoms with E-state index in [2.05, 4.69) is 17.9 Å². The molecule has 3 atom stereocenters. The predicted molar refractivity (Wildman–Crippen MR) is 146 cm³/mol. The number of likely N-dealkylation sites (N-methyl/N-ethyl adjacent to an activating group) is 1. The molecular formula is C27H29N3O6S2. The van der Waals surface area contributed by atoms with Gasteiger partial charge in [-0.3, -0.25) is 14.4 Å². The first-order valence-electron chi connectivity index (χ1n) is 12.1. The van der Waals surface area contributed by atoms with Crippen LogP contribution in [0.5, 0.6) is 0 Å². The molecule has 3 aromatic carbocycles. The molecule has 9 nitrogen and oxygen atoms in total. The number of fused-ring (bicyclic) bond motifs is 1. The zero-order valence-electron chi connectivity index (χ0n) is 20.7. The molecule has 1 fully saturated rings. The standard InChI is InChI=1S/C27H29N3O6S2/c1-29(16-18-7-3-2-4-8-18)27(34)23(15-25(31)32)28-26(33)24-14-21(37)17-30(24)38(35,36)22-12-11-19-9-5-6-10-20(19)13-22/h2-13,21,23-24,37H,14-17H2,1H3,(H,28,33)(H,31,32)/t21-,23?,24+/m1/s1. The highest BCUT2D eigenvalue weighted by Gasteiger charge is 2.44. The number of rotatable bonds is 9. The molecule has 2 N–H and O–H groups in total. The minimum Gasteiger partial charge on any atom is -0.481 e. The number of carbonyl (C=O) groups is 3. The van der Waals surface area contributed by atoms with Crippen molar-refractivity contribution in [3.8, 4) is 0 Å². The van der Waals surface area contributed by atoms with Gasteiger partial charge < -0.3 is 15.3 Å². The van der Waals surface area contributed by atoms with Gasteiger partial charge in [0.2, 0.25) is 21.8 Å². The van der Waals surface area contributed by atoms with Crippen molar-refractivity contribution in [2.45, 2.75) is 41.6 Å². The summed E-state index contributed by atoms with van der Waals surface area (Å²) in [7, 11) is -2.56. The summed E-state index contributed by atoms with van der Waals surface area (Å²) < 4.78 is 28.3. The number of nitrogens with zero attached hydrogens (tertiary/aromatic N) is 2. The summed E-state index contributed by atoms with van der Waals surface area (Å²) in [6.45, 7) is 0.220. The molecule has 0 aliphatic carbocycles. The fourth-order valence-electron chi connectivity index (χ4n) is 4.60. The summed E-state index contributed by atoms with van der Waals surface area (Å²) in [5.74, 6) is -2.59. The van der Waals surface area contributed by atoms with Crippen LogP contribution in [0.15, 0.2) is 77.7 Å². The van der Waals surface area contributed by atoms with Crippen molar-refractivity contribution >= 4 is 51.2 Å². The van der Waals surface area contributed by atoms with Gasteiger partial charge in [0.15, 0.2) is 0 Å². The second-order valence-corrected chi connectivity index (χ2v) is 11.9. The van der Waals surface area contributed by atoms with Gasteiger partial charge in [0, 0.05) is 25.4 Å². The molecule has 0 spiro atoms. The Labute approximate surface area is 226 Å². The Balaban J connectivity index is 1.55. The highest BCUT2D eigenvalue weighted by atomic mass is 32.2. The molecule has 2 amide bonds. The third-order valence-electron chi connectivity index (χ3n) is 6.50. The van der Waals surface area contributed by atoms with Crippen LogP contribution in [-0.4, -0.2) is 71.4 Å². The Morgan fingerprint density at radius 3 is 2.39 bits per heavy atom. The van der Waals surface area contributed by atoms with Crippen LogP contribution < -0.4 is 5.32 Å². The predicted octanol–water partition coefficient (Wildman–Crippen LogP) is 2.52. The first-order valence-corrected chi connectivity index (χ1v) is 14.0. The molecule has 1 heterocycles. The third-order valence-corrected chi connectivity index (χ3v) is 8.74. The number of nitrogens with one attached hydrogen (secondary N) is 1. The van der Waals surface area contributed by atoms with E-state index in [1.807, 2.05) is 48.5 Å². The van der Waals surface area contributed by atoms with Crippen molar-refractivity contribution in [1.29, 1.82) is 0 Å². The van der Waals surface area contributed by atoms with Crippen LogP contribution in [0.4, 0.5) is 0 Å². The highest BCUT2D eigenvalue weighted by molar-refractivity contribution is 7.89. The lowest BCUT2D eigenvalue weighted by molar-refractivity contribution is -0.143. The number of sulfonamides is 1. The molecule has 1 unspecified atom stereocenters. The Bertz CT molecular complexity index is 1450. The Hall–Kier alpha value is -3.41. The molecule has 0 aromatic heterocycles. The van der Waals surface area contributed by atoms with Gasteiger partial charge in [-0.2, -0.15) is 16.9 Å². The van der Waals surface area contributed by atoms with Crippen LogP contribution in [0.3, 0.4) is 0 Å². The minimum atomic E-state index is -4.08. The molecule has 3 aromatic rings. The number of aliphatic carboxylic acids is 1. The monoisotopic (exact) mass is 555 g/mol. The van der Waals surface area contributed by atoms with Crippen molar-refractivity contribution < 1.29 is 27.9 Å². The van der Waals surface area contributed by atoms with Gasteiger partial charge in [-0.15, -0.1) is 0 Å². The van der Waals surface area contributed by atoms with Crippen LogP contribution >= 0.6 is 12.6 Å². The lowest BCUT2D eigenvalue weighted by atomic mass is 10.1. The van der Waals surface area contributed by atoms with E-state index in [0.717, 1.165) is 20.6 Å². The van der Waals surface area contributed by atoms with E-state index < -0.39 is 51.6 Å². The van der Waals surface area contributed by atoms with E-state index in [4.69, 9.17) is 0 Å². The van der Waals surface area contributed by atoms with Crippen molar-refractivity contribution in [3.63, 3.8) is 0 Å². The summed E-state index contributed by atoms with van der Waals surface area (Å²) in [6, 6.07) is 18.7. The van der Waals surface area contributed by atoms with Crippen LogP contribution in [-0.2, 0) is 31.0 Å². The summed E-state index contributed by atoms with van der Waals surface area (Å²) in [6.07, 6.45) is -0.520. The topological polar surface area (TPSA) is 124 Å². The van der Waals surface area contributed by atoms with E-state index >= 15 is 0 Å². The zero-order valence-corrected chi connectivity index (χ0v) is 22.4. The first kappa shape index (κ1) is 27.6. The average molecular weight is 556 g/mol. The van der Waals surface area contributed by atoms with Gasteiger partial charge in [-0.25, -0.2) is 8.42 Å². The number of carbonyl (C=O) groups excluding carboxylic acids is 2. The van der Waals surface area contributed by atoms with Gasteiger partial charge in [-0.1, -0.05) is 60.7 Å². The third kappa shape index (κ3) is 6.17. The van der Waals surface area contributed by atoms with Crippen molar-refractivity contribution in [2.75, 3.05) is 13.6 Å². The van der Waals surface area contributed by atoms with Crippen molar-refractivity contribution in [1.82, 2.24) is 14.5 Å². The van der Waals surface area contributed by atoms with E-state index in [9.17, 15) is 27.9 Å². The number of carboxylic acids is 1. The summed E-state index contributed by atoms with van der Waals surface area (Å²) >= 11 is 4.43. The number of thiol groups is 1. The quantitative estimate of drug-likeness (QED) is 0.349. The maximum Gasteiger partial charge on any atom is 0.305 e. The molecule has 1 saturated heterocycles. The number of amides is 2. The Kier molecular flexibility index (Phi) is 8.39. The van der Waals surface area contributed by atoms with E-state index in [1.54, 1.807) is 18.2 Å². The van der Waals surface area contributed by atoms with E-state index in [0.29, 0.717) is 0 Å². The molecule has 1 aliphatic rings. The van der Waals surface area contributed by atoms with Crippen LogP contribution in [0, 0.1) is 0 Å². The van der Waals surface area contributed by atoms with Gasteiger partial charge in [0.25, 0.3) is 0 Å². The van der Waals surface area contributed by atoms with Crippen molar-refractivity contribution in [3.05, 3.63) is 78.4 Å². The largest absolute Gasteiger partial charge is 0.481 e. The molecular weight excluding hydrogens is 526 g/mol. The smallest absolute Gasteiger partial charge is 0.305 e. The maximum absolute atomic E-state index is 13.6. The van der Waals surface area contributed by atoms with Crippen molar-refractivity contribution in [2.24, 2.45) is 0 Å². The molecule has 1 aliphatic heterocycles. The average Bonchev–Trinajstić information content (AvgIpc) is 3.30. The maximum atomic E-state index is 13.6. The lowest BCUT2D eigenvalue weighted by Gasteiger charge is -2.27. The fraction of sp³-hybridized carbons (Fsp3) is 0.296. The van der Waals surface area contributed by atoms with Gasteiger partial charge >= 0.3 is 5.97 Å². The minimum absolute atomic E-state index is 0.00180. The summed E-state index contributed by atoms with van der Waals surface area (Å²) in [5.41, 5.74) is 0.838. The first-order chi connectivity index (χ1) is 18.1. The van der Waals surface area contributed by atoms with E-state index in [1.165, 1.54) is 18.0 Å². The SMILES string of the molecule is CN(Cc1ccccc1)C(=O)C(CC(=O)O)NC(=O)[C@@H]1C[C@@H](S)CN1S(=O)(=O)c1ccc2ccccc2c1. The lowest BCUT2D eigenvalue weighted by Crippen LogP contribution is -2.53. The van der Waals surface area contributed by atoms with Gasteiger partial charge in [0.05, 0.1) is 11.3 Å². The number of benzene rings is 3. The Morgan fingerprint density at radius 2 is 1.71 bits per heavy atom. The molecule has 38 heavy (non-hydrogen) atoms. The highest BCUT2D eigenvalue weighted by Crippen LogP contribution is 2.30. The van der Waals surface area contributed by atoms with E-state index in [-0.39, 0.29) is 24.4 Å². The molecule has 0 saturated carbocycles. The fourth-order valence-corrected chi connectivity index (χ4v) is 6.76.